The van der Waals surface area contributed by atoms with Crippen molar-refractivity contribution in [2.75, 3.05) is 19.8 Å². The Hall–Kier alpha value is -2.92. The van der Waals surface area contributed by atoms with Gasteiger partial charge in [0.2, 0.25) is 0 Å². The van der Waals surface area contributed by atoms with Gasteiger partial charge in [-0.2, -0.15) is 0 Å². The van der Waals surface area contributed by atoms with Gasteiger partial charge in [0.15, 0.2) is 6.10 Å². The number of carbonyl (C=O) groups excluding carboxylic acids is 2. The molecule has 66 heavy (non-hydrogen) atoms. The van der Waals surface area contributed by atoms with Crippen LogP contribution in [-0.2, 0) is 23.8 Å². The fraction of sp³-hybridized carbons (Fsp3) is 0.738. The Morgan fingerprint density at radius 3 is 1.02 bits per heavy atom. The highest BCUT2D eigenvalue weighted by Gasteiger charge is 2.17. The van der Waals surface area contributed by atoms with Crippen molar-refractivity contribution in [2.45, 2.75) is 271 Å². The van der Waals surface area contributed by atoms with E-state index in [1.165, 1.54) is 141 Å². The molecule has 1 atom stereocenters. The van der Waals surface area contributed by atoms with E-state index in [0.29, 0.717) is 19.4 Å². The second kappa shape index (κ2) is 56.4. The summed E-state index contributed by atoms with van der Waals surface area (Å²) in [5, 5.41) is 0. The van der Waals surface area contributed by atoms with Gasteiger partial charge in [-0.3, -0.25) is 9.59 Å². The van der Waals surface area contributed by atoms with Gasteiger partial charge >= 0.3 is 11.9 Å². The van der Waals surface area contributed by atoms with Gasteiger partial charge in [0.1, 0.15) is 6.61 Å². The first kappa shape index (κ1) is 63.1. The zero-order chi connectivity index (χ0) is 47.7. The molecule has 0 heterocycles. The van der Waals surface area contributed by atoms with Gasteiger partial charge in [0.25, 0.3) is 0 Å². The molecule has 5 nitrogen and oxygen atoms in total. The first-order valence-electron chi connectivity index (χ1n) is 28.1. The lowest BCUT2D eigenvalue weighted by Crippen LogP contribution is -2.30. The first-order valence-corrected chi connectivity index (χ1v) is 28.1. The van der Waals surface area contributed by atoms with Crippen LogP contribution in [0, 0.1) is 0 Å². The average Bonchev–Trinajstić information content (AvgIpc) is 3.32. The summed E-state index contributed by atoms with van der Waals surface area (Å²) in [7, 11) is 0. The third-order valence-electron chi connectivity index (χ3n) is 11.9. The van der Waals surface area contributed by atoms with Crippen molar-refractivity contribution in [1.29, 1.82) is 0 Å². The molecule has 0 rings (SSSR count). The minimum atomic E-state index is -0.559. The fourth-order valence-electron chi connectivity index (χ4n) is 7.64. The van der Waals surface area contributed by atoms with E-state index in [1.54, 1.807) is 0 Å². The van der Waals surface area contributed by atoms with Crippen LogP contribution < -0.4 is 0 Å². The molecule has 0 aliphatic heterocycles. The number of hydrogen-bond acceptors (Lipinski definition) is 5. The summed E-state index contributed by atoms with van der Waals surface area (Å²) in [4.78, 5) is 25.5. The van der Waals surface area contributed by atoms with Crippen molar-refractivity contribution in [3.63, 3.8) is 0 Å². The van der Waals surface area contributed by atoms with Crippen LogP contribution in [0.3, 0.4) is 0 Å². The minimum Gasteiger partial charge on any atom is -0.462 e. The summed E-state index contributed by atoms with van der Waals surface area (Å²) < 4.78 is 17.4. The molecule has 380 valence electrons. The maximum atomic E-state index is 12.8. The van der Waals surface area contributed by atoms with E-state index in [4.69, 9.17) is 14.2 Å². The highest BCUT2D eigenvalue weighted by molar-refractivity contribution is 5.70. The number of unbranched alkanes of at least 4 members (excludes halogenated alkanes) is 26. The summed E-state index contributed by atoms with van der Waals surface area (Å²) in [6.45, 7) is 7.71. The van der Waals surface area contributed by atoms with Crippen LogP contribution in [-0.4, -0.2) is 37.9 Å². The predicted octanol–water partition coefficient (Wildman–Crippen LogP) is 19.2. The maximum Gasteiger partial charge on any atom is 0.306 e. The summed E-state index contributed by atoms with van der Waals surface area (Å²) in [6.07, 6.45) is 74.5. The second-order valence-electron chi connectivity index (χ2n) is 18.5. The van der Waals surface area contributed by atoms with E-state index in [2.05, 4.69) is 106 Å². The van der Waals surface area contributed by atoms with Crippen LogP contribution >= 0.6 is 0 Å². The lowest BCUT2D eigenvalue weighted by atomic mass is 10.1. The molecule has 0 amide bonds. The molecule has 0 radical (unpaired) electrons. The first-order chi connectivity index (χ1) is 32.6. The lowest BCUT2D eigenvalue weighted by molar-refractivity contribution is -0.163. The topological polar surface area (TPSA) is 61.8 Å². The number of esters is 2. The zero-order valence-electron chi connectivity index (χ0n) is 43.7. The zero-order valence-corrected chi connectivity index (χ0v) is 43.7. The molecular weight excluding hydrogens is 813 g/mol. The Bertz CT molecular complexity index is 1220. The molecule has 0 fully saturated rings. The molecule has 0 saturated heterocycles. The molecule has 1 unspecified atom stereocenters. The fourth-order valence-corrected chi connectivity index (χ4v) is 7.64. The molecule has 0 aromatic rings. The Labute approximate surface area is 409 Å². The molecule has 0 spiro atoms. The number of ether oxygens (including phenoxy) is 3. The molecule has 0 aliphatic rings. The Balaban J connectivity index is 4.34. The lowest BCUT2D eigenvalue weighted by Gasteiger charge is -2.18. The molecule has 0 saturated carbocycles. The molecule has 5 heteroatoms. The molecule has 0 aromatic heterocycles. The predicted molar refractivity (Wildman–Crippen MR) is 288 cm³/mol. The molecule has 0 aliphatic carbocycles. The van der Waals surface area contributed by atoms with Crippen molar-refractivity contribution in [2.24, 2.45) is 0 Å². The summed E-state index contributed by atoms with van der Waals surface area (Å²) in [5.41, 5.74) is 0. The van der Waals surface area contributed by atoms with Crippen molar-refractivity contribution in [1.82, 2.24) is 0 Å². The van der Waals surface area contributed by atoms with E-state index in [-0.39, 0.29) is 25.2 Å². The van der Waals surface area contributed by atoms with E-state index >= 15 is 0 Å². The van der Waals surface area contributed by atoms with Crippen LogP contribution in [0.15, 0.2) is 85.1 Å². The van der Waals surface area contributed by atoms with Crippen LogP contribution in [0.2, 0.25) is 0 Å². The van der Waals surface area contributed by atoms with Gasteiger partial charge in [-0.1, -0.05) is 215 Å². The SMILES string of the molecule is CCCCC/C=C\C/C=C\C/C=C\CCCCCCCCC(=O)OCC(COCCCCCCCC/C=C\C/C=C\CCCCC)OC(=O)CCCCCCC/C=C\C/C=C\CCCCC. The van der Waals surface area contributed by atoms with E-state index in [9.17, 15) is 9.59 Å². The smallest absolute Gasteiger partial charge is 0.306 e. The van der Waals surface area contributed by atoms with Crippen molar-refractivity contribution < 1.29 is 23.8 Å². The van der Waals surface area contributed by atoms with Gasteiger partial charge in [-0.15, -0.1) is 0 Å². The van der Waals surface area contributed by atoms with Crippen LogP contribution in [0.1, 0.15) is 265 Å². The monoisotopic (exact) mass is 919 g/mol. The second-order valence-corrected chi connectivity index (χ2v) is 18.5. The summed E-state index contributed by atoms with van der Waals surface area (Å²) in [5.74, 6) is -0.431. The van der Waals surface area contributed by atoms with Gasteiger partial charge < -0.3 is 14.2 Å². The summed E-state index contributed by atoms with van der Waals surface area (Å²) >= 11 is 0. The normalized spacial score (nSPS) is 12.8. The average molecular weight is 920 g/mol. The number of hydrogen-bond donors (Lipinski definition) is 0. The van der Waals surface area contributed by atoms with Crippen molar-refractivity contribution in [3.8, 4) is 0 Å². The minimum absolute atomic E-state index is 0.0654. The van der Waals surface area contributed by atoms with Gasteiger partial charge in [0.05, 0.1) is 6.61 Å². The molecule has 0 bridgehead atoms. The Morgan fingerprint density at radius 2 is 0.636 bits per heavy atom. The number of carbonyl (C=O) groups is 2. The Kier molecular flexibility index (Phi) is 53.9. The van der Waals surface area contributed by atoms with Gasteiger partial charge in [-0.05, 0) is 122 Å². The van der Waals surface area contributed by atoms with Crippen LogP contribution in [0.5, 0.6) is 0 Å². The quantitative estimate of drug-likeness (QED) is 0.0346. The third-order valence-corrected chi connectivity index (χ3v) is 11.9. The van der Waals surface area contributed by atoms with E-state index < -0.39 is 6.10 Å². The standard InChI is InChI=1S/C61H106O5/c1-4-7-10-13-16-19-22-25-28-30-31-32-34-36-39-42-45-48-51-54-60(62)65-58-59(57-64-56-53-50-47-44-41-38-35-29-26-23-20-17-14-11-8-5-2)66-61(63)55-52-49-46-43-40-37-33-27-24-21-18-15-12-9-6-3/h16-21,25-29,31-33,59H,4-15,22-24,30,34-58H2,1-3H3/b19-16-,20-17-,21-18-,28-25-,29-26-,32-31-,33-27-. The van der Waals surface area contributed by atoms with Crippen LogP contribution in [0.25, 0.3) is 0 Å². The Morgan fingerprint density at radius 1 is 0.333 bits per heavy atom. The van der Waals surface area contributed by atoms with E-state index in [0.717, 1.165) is 89.9 Å². The highest BCUT2D eigenvalue weighted by atomic mass is 16.6. The maximum absolute atomic E-state index is 12.8. The van der Waals surface area contributed by atoms with E-state index in [1.807, 2.05) is 0 Å². The molecule has 0 N–H and O–H groups in total. The third kappa shape index (κ3) is 53.7. The summed E-state index contributed by atoms with van der Waals surface area (Å²) in [6, 6.07) is 0. The van der Waals surface area contributed by atoms with Crippen molar-refractivity contribution in [3.05, 3.63) is 85.1 Å². The van der Waals surface area contributed by atoms with Gasteiger partial charge in [0, 0.05) is 19.4 Å². The largest absolute Gasteiger partial charge is 0.462 e. The molecular formula is C61H106O5. The van der Waals surface area contributed by atoms with Gasteiger partial charge in [-0.25, -0.2) is 0 Å². The van der Waals surface area contributed by atoms with Crippen LogP contribution in [0.4, 0.5) is 0 Å². The van der Waals surface area contributed by atoms with Crippen molar-refractivity contribution >= 4 is 11.9 Å². The highest BCUT2D eigenvalue weighted by Crippen LogP contribution is 2.13. The molecule has 0 aromatic carbocycles. The number of allylic oxidation sites excluding steroid dienone is 14. The number of rotatable bonds is 51.